The van der Waals surface area contributed by atoms with Crippen molar-refractivity contribution in [1.82, 2.24) is 0 Å². The smallest absolute Gasteiger partial charge is 0.359 e. The molecule has 0 aliphatic heterocycles. The van der Waals surface area contributed by atoms with E-state index >= 15 is 0 Å². The highest BCUT2D eigenvalue weighted by molar-refractivity contribution is 7.38. The first-order chi connectivity index (χ1) is 6.25. The average Bonchev–Trinajstić information content (AvgIpc) is 1.76. The molecule has 84 valence electrons. The van der Waals surface area contributed by atoms with E-state index in [0.717, 1.165) is 0 Å². The van der Waals surface area contributed by atoms with Gasteiger partial charge in [0.2, 0.25) is 16.1 Å². The summed E-state index contributed by atoms with van der Waals surface area (Å²) in [4.78, 5) is 27.2. The second-order valence-electron chi connectivity index (χ2n) is 2.71. The van der Waals surface area contributed by atoms with Gasteiger partial charge in [-0.05, 0) is 0 Å². The third kappa shape index (κ3) is 6.26. The second-order valence-corrected chi connectivity index (χ2v) is 4.92. The zero-order valence-corrected chi connectivity index (χ0v) is 9.04. The van der Waals surface area contributed by atoms with Crippen LogP contribution in [0.25, 0.3) is 0 Å². The van der Waals surface area contributed by atoms with Crippen LogP contribution < -0.4 is 0 Å². The van der Waals surface area contributed by atoms with Crippen LogP contribution in [0.2, 0.25) is 0 Å². The van der Waals surface area contributed by atoms with E-state index in [4.69, 9.17) is 14.9 Å². The molecule has 0 radical (unpaired) electrons. The van der Waals surface area contributed by atoms with Crippen molar-refractivity contribution in [2.45, 2.75) is 0 Å². The van der Waals surface area contributed by atoms with E-state index in [1.165, 1.54) is 0 Å². The first-order valence-corrected chi connectivity index (χ1v) is 6.60. The number of quaternary nitrogens is 1. The van der Waals surface area contributed by atoms with Gasteiger partial charge >= 0.3 is 5.97 Å². The third-order valence-corrected chi connectivity index (χ3v) is 2.96. The Kier molecular flexibility index (Phi) is 5.51. The Morgan fingerprint density at radius 1 is 1.21 bits per heavy atom. The van der Waals surface area contributed by atoms with Crippen molar-refractivity contribution in [3.05, 3.63) is 5.21 Å². The van der Waals surface area contributed by atoms with Crippen molar-refractivity contribution in [3.63, 3.8) is 0 Å². The summed E-state index contributed by atoms with van der Waals surface area (Å²) >= 11 is 0. The normalized spacial score (nSPS) is 19.6. The van der Waals surface area contributed by atoms with Crippen LogP contribution in [0.3, 0.4) is 0 Å². The lowest BCUT2D eigenvalue weighted by molar-refractivity contribution is -0.849. The first kappa shape index (κ1) is 13.8. The van der Waals surface area contributed by atoms with E-state index in [1.807, 2.05) is 0 Å². The molecule has 0 aliphatic rings. The molecule has 3 N–H and O–H groups in total. The Bertz CT molecular complexity index is 226. The molecule has 0 saturated heterocycles. The molecule has 0 aromatic carbocycles. The van der Waals surface area contributed by atoms with Gasteiger partial charge in [0.25, 0.3) is 0 Å². The maximum Gasteiger partial charge on any atom is 0.359 e. The highest BCUT2D eigenvalue weighted by atomic mass is 31.1. The summed E-state index contributed by atoms with van der Waals surface area (Å²) in [7, 11) is -6.34. The molecule has 2 unspecified atom stereocenters. The van der Waals surface area contributed by atoms with Crippen LogP contribution in [0, 0.1) is 5.21 Å². The molecule has 0 saturated carbocycles. The fraction of sp³-hybridized carbons (Fsp3) is 0.750. The highest BCUT2D eigenvalue weighted by Crippen LogP contribution is 2.27. The molecule has 0 spiro atoms. The molecule has 0 aromatic heterocycles. The van der Waals surface area contributed by atoms with Crippen molar-refractivity contribution in [3.8, 4) is 0 Å². The maximum atomic E-state index is 11.4. The van der Waals surface area contributed by atoms with Crippen molar-refractivity contribution in [2.75, 3.05) is 19.1 Å². The van der Waals surface area contributed by atoms with Gasteiger partial charge in [-0.15, -0.1) is 0 Å². The summed E-state index contributed by atoms with van der Waals surface area (Å²) in [5, 5.41) is 19.7. The Morgan fingerprint density at radius 3 is 1.79 bits per heavy atom. The summed E-state index contributed by atoms with van der Waals surface area (Å²) in [5.41, 5.74) is 0. The topological polar surface area (TPSA) is 135 Å². The molecule has 14 heavy (non-hydrogen) atoms. The van der Waals surface area contributed by atoms with Gasteiger partial charge < -0.3 is 24.7 Å². The summed E-state index contributed by atoms with van der Waals surface area (Å²) < 4.78 is 19.1. The van der Waals surface area contributed by atoms with Gasteiger partial charge in [0.15, 0.2) is 19.1 Å². The van der Waals surface area contributed by atoms with Crippen LogP contribution in [-0.2, 0) is 13.9 Å². The van der Waals surface area contributed by atoms with Crippen molar-refractivity contribution < 1.29 is 33.5 Å². The molecule has 0 aliphatic carbocycles. The fourth-order valence-electron chi connectivity index (χ4n) is 0.907. The molecule has 0 bridgehead atoms. The molecule has 0 heterocycles. The van der Waals surface area contributed by atoms with Gasteiger partial charge in [0, 0.05) is 0 Å². The zero-order valence-electron chi connectivity index (χ0n) is 7.04. The monoisotopic (exact) mass is 247 g/mol. The number of hydroxylamine groups is 3. The molecule has 0 fully saturated rings. The van der Waals surface area contributed by atoms with Gasteiger partial charge in [0.05, 0.1) is 0 Å². The summed E-state index contributed by atoms with van der Waals surface area (Å²) in [6.07, 6.45) is -1.71. The van der Waals surface area contributed by atoms with E-state index in [-0.39, 0.29) is 0 Å². The number of rotatable bonds is 6. The van der Waals surface area contributed by atoms with Crippen molar-refractivity contribution in [2.24, 2.45) is 0 Å². The summed E-state index contributed by atoms with van der Waals surface area (Å²) in [6.45, 7) is -0.992. The Hall–Kier alpha value is -0.230. The highest BCUT2D eigenvalue weighted by Gasteiger charge is 2.24. The largest absolute Gasteiger partial charge is 0.632 e. The minimum absolute atomic E-state index is 0.853. The van der Waals surface area contributed by atoms with Crippen molar-refractivity contribution in [1.29, 1.82) is 0 Å². The van der Waals surface area contributed by atoms with Crippen LogP contribution >= 0.6 is 16.1 Å². The third-order valence-electron chi connectivity index (χ3n) is 1.27. The van der Waals surface area contributed by atoms with Crippen LogP contribution in [-0.4, -0.2) is 44.6 Å². The Balaban J connectivity index is 4.56. The number of carbonyl (C=O) groups is 1. The fourth-order valence-corrected chi connectivity index (χ4v) is 2.56. The van der Waals surface area contributed by atoms with Gasteiger partial charge in [-0.25, -0.2) is 4.79 Å². The van der Waals surface area contributed by atoms with Crippen LogP contribution in [0.5, 0.6) is 0 Å². The van der Waals surface area contributed by atoms with E-state index in [0.29, 0.717) is 0 Å². The molecule has 0 rings (SSSR count). The van der Waals surface area contributed by atoms with Crippen LogP contribution in [0.4, 0.5) is 0 Å². The van der Waals surface area contributed by atoms with Crippen LogP contribution in [0.1, 0.15) is 0 Å². The Morgan fingerprint density at radius 2 is 1.57 bits per heavy atom. The zero-order chi connectivity index (χ0) is 11.4. The number of nitrogens with zero attached hydrogens (tertiary/aromatic N) is 1. The molecule has 0 aromatic rings. The predicted octanol–water partition coefficient (Wildman–Crippen LogP) is -0.765. The lowest BCUT2D eigenvalue weighted by atomic mass is 10.6. The number of hydrogen-bond acceptors (Lipinski definition) is 4. The minimum atomic E-state index is -3.17. The number of carboxylic acid groups (broad SMARTS) is 1. The second kappa shape index (κ2) is 5.60. The van der Waals surface area contributed by atoms with Gasteiger partial charge in [0.1, 0.15) is 0 Å². The van der Waals surface area contributed by atoms with Crippen LogP contribution in [0.15, 0.2) is 0 Å². The molecule has 0 amide bonds. The number of aliphatic carboxylic acids is 1. The summed E-state index contributed by atoms with van der Waals surface area (Å²) in [5.74, 6) is -1.48. The summed E-state index contributed by atoms with van der Waals surface area (Å²) in [6, 6.07) is 0. The predicted molar refractivity (Wildman–Crippen MR) is 48.3 cm³/mol. The average molecular weight is 247 g/mol. The molecule has 2 atom stereocenters. The first-order valence-electron chi connectivity index (χ1n) is 3.48. The van der Waals surface area contributed by atoms with Gasteiger partial charge in [-0.1, -0.05) is 0 Å². The Labute approximate surface area is 80.7 Å². The van der Waals surface area contributed by atoms with E-state index < -0.39 is 45.8 Å². The van der Waals surface area contributed by atoms with Gasteiger partial charge in [-0.2, -0.15) is 0 Å². The minimum Gasteiger partial charge on any atom is -0.632 e. The molecular weight excluding hydrogens is 236 g/mol. The standard InChI is InChI=1S/C4H11NO7P2/c6-4(7)1-5(8,2-13(9)10)3-14(11)12/h13-14H,1-3H2,(H,6,7)(H,9,10)(H,11,12). The number of hydrogen-bond donors (Lipinski definition) is 3. The van der Waals surface area contributed by atoms with Crippen molar-refractivity contribution >= 4 is 22.0 Å². The SMILES string of the molecule is O=C(O)C[N+]([O-])(C[PH](=O)O)C[PH](=O)O. The lowest BCUT2D eigenvalue weighted by Gasteiger charge is -2.38. The maximum absolute atomic E-state index is 11.4. The molecule has 10 heteroatoms. The quantitative estimate of drug-likeness (QED) is 0.318. The van der Waals surface area contributed by atoms with E-state index in [2.05, 4.69) is 0 Å². The van der Waals surface area contributed by atoms with E-state index in [9.17, 15) is 19.1 Å². The van der Waals surface area contributed by atoms with E-state index in [1.54, 1.807) is 0 Å². The molecule has 8 nitrogen and oxygen atoms in total. The number of carboxylic acids is 1. The van der Waals surface area contributed by atoms with Gasteiger partial charge in [-0.3, -0.25) is 9.13 Å². The lowest BCUT2D eigenvalue weighted by Crippen LogP contribution is -2.45. The molecular formula is C4H11NO7P2.